The van der Waals surface area contributed by atoms with Crippen LogP contribution in [-0.4, -0.2) is 38.8 Å². The second-order valence-electron chi connectivity index (χ2n) is 3.76. The summed E-state index contributed by atoms with van der Waals surface area (Å²) < 4.78 is 1.83. The van der Waals surface area contributed by atoms with Crippen LogP contribution < -0.4 is 4.90 Å². The monoisotopic (exact) mass is 182 g/mol. The molecule has 72 valence electrons. The molecule has 5 heteroatoms. The Morgan fingerprint density at radius 3 is 2.85 bits per heavy atom. The molecular weight excluding hydrogens is 168 g/mol. The molecule has 0 bridgehead atoms. The molecule has 13 heavy (non-hydrogen) atoms. The standard InChI is InChI=1S/C8H14N4O/c1-3-12-7(4-9-10-12)11-5-8(2,13)6-11/h4,13H,3,5-6H2,1-2H3. The van der Waals surface area contributed by atoms with Gasteiger partial charge in [-0.05, 0) is 13.8 Å². The fourth-order valence-corrected chi connectivity index (χ4v) is 1.66. The van der Waals surface area contributed by atoms with E-state index in [-0.39, 0.29) is 0 Å². The normalized spacial score (nSPS) is 20.1. The number of rotatable bonds is 2. The van der Waals surface area contributed by atoms with Gasteiger partial charge in [0, 0.05) is 19.6 Å². The highest BCUT2D eigenvalue weighted by atomic mass is 16.3. The lowest BCUT2D eigenvalue weighted by Gasteiger charge is -2.45. The molecule has 5 nitrogen and oxygen atoms in total. The lowest BCUT2D eigenvalue weighted by Crippen LogP contribution is -2.60. The Balaban J connectivity index is 2.11. The van der Waals surface area contributed by atoms with Gasteiger partial charge >= 0.3 is 0 Å². The van der Waals surface area contributed by atoms with Crippen molar-refractivity contribution in [3.8, 4) is 0 Å². The van der Waals surface area contributed by atoms with Crippen molar-refractivity contribution in [3.05, 3.63) is 6.20 Å². The predicted octanol–water partition coefficient (Wildman–Crippen LogP) is -0.131. The predicted molar refractivity (Wildman–Crippen MR) is 48.5 cm³/mol. The fourth-order valence-electron chi connectivity index (χ4n) is 1.66. The number of anilines is 1. The van der Waals surface area contributed by atoms with Crippen LogP contribution in [0.3, 0.4) is 0 Å². The van der Waals surface area contributed by atoms with Crippen molar-refractivity contribution in [2.24, 2.45) is 0 Å². The second kappa shape index (κ2) is 2.70. The van der Waals surface area contributed by atoms with Crippen LogP contribution in [0.4, 0.5) is 5.82 Å². The molecule has 1 aliphatic heterocycles. The zero-order chi connectivity index (χ0) is 9.47. The van der Waals surface area contributed by atoms with E-state index in [9.17, 15) is 5.11 Å². The number of nitrogens with zero attached hydrogens (tertiary/aromatic N) is 4. The molecule has 0 unspecified atom stereocenters. The lowest BCUT2D eigenvalue weighted by molar-refractivity contribution is 0.0300. The first-order valence-corrected chi connectivity index (χ1v) is 4.48. The van der Waals surface area contributed by atoms with Gasteiger partial charge in [0.2, 0.25) is 0 Å². The Labute approximate surface area is 77.0 Å². The number of aryl methyl sites for hydroxylation is 1. The van der Waals surface area contributed by atoms with Gasteiger partial charge in [-0.3, -0.25) is 0 Å². The van der Waals surface area contributed by atoms with Crippen LogP contribution in [0.25, 0.3) is 0 Å². The molecule has 0 aromatic carbocycles. The molecule has 0 amide bonds. The summed E-state index contributed by atoms with van der Waals surface area (Å²) in [4.78, 5) is 2.07. The minimum atomic E-state index is -0.539. The van der Waals surface area contributed by atoms with Crippen molar-refractivity contribution >= 4 is 5.82 Å². The molecule has 0 saturated carbocycles. The summed E-state index contributed by atoms with van der Waals surface area (Å²) in [5, 5.41) is 17.3. The molecule has 0 spiro atoms. The molecule has 1 fully saturated rings. The average Bonchev–Trinajstić information content (AvgIpc) is 2.46. The number of aliphatic hydroxyl groups is 1. The molecule has 0 aliphatic carbocycles. The highest BCUT2D eigenvalue weighted by molar-refractivity contribution is 5.41. The van der Waals surface area contributed by atoms with Gasteiger partial charge in [0.1, 0.15) is 5.82 Å². The van der Waals surface area contributed by atoms with E-state index in [1.54, 1.807) is 6.20 Å². The topological polar surface area (TPSA) is 54.2 Å². The summed E-state index contributed by atoms with van der Waals surface area (Å²) in [5.41, 5.74) is -0.539. The summed E-state index contributed by atoms with van der Waals surface area (Å²) in [7, 11) is 0. The highest BCUT2D eigenvalue weighted by Gasteiger charge is 2.37. The van der Waals surface area contributed by atoms with Gasteiger partial charge in [0.05, 0.1) is 11.8 Å². The quantitative estimate of drug-likeness (QED) is 0.692. The molecule has 1 saturated heterocycles. The van der Waals surface area contributed by atoms with Gasteiger partial charge in [0.25, 0.3) is 0 Å². The summed E-state index contributed by atoms with van der Waals surface area (Å²) in [5.74, 6) is 0.994. The third-order valence-electron chi connectivity index (χ3n) is 2.28. The van der Waals surface area contributed by atoms with Crippen molar-refractivity contribution < 1.29 is 5.11 Å². The van der Waals surface area contributed by atoms with E-state index in [1.165, 1.54) is 0 Å². The van der Waals surface area contributed by atoms with Crippen molar-refractivity contribution in [1.82, 2.24) is 15.0 Å². The van der Waals surface area contributed by atoms with Crippen LogP contribution in [0.15, 0.2) is 6.20 Å². The second-order valence-corrected chi connectivity index (χ2v) is 3.76. The molecule has 1 N–H and O–H groups in total. The minimum absolute atomic E-state index is 0.539. The maximum atomic E-state index is 9.55. The van der Waals surface area contributed by atoms with Crippen molar-refractivity contribution in [1.29, 1.82) is 0 Å². The Kier molecular flexibility index (Phi) is 1.76. The minimum Gasteiger partial charge on any atom is -0.386 e. The summed E-state index contributed by atoms with van der Waals surface area (Å²) in [6.07, 6.45) is 1.73. The van der Waals surface area contributed by atoms with Crippen molar-refractivity contribution in [3.63, 3.8) is 0 Å². The van der Waals surface area contributed by atoms with E-state index in [0.717, 1.165) is 12.4 Å². The van der Waals surface area contributed by atoms with Crippen LogP contribution in [0.5, 0.6) is 0 Å². The van der Waals surface area contributed by atoms with Crippen molar-refractivity contribution in [2.45, 2.75) is 26.0 Å². The zero-order valence-electron chi connectivity index (χ0n) is 7.93. The third-order valence-corrected chi connectivity index (χ3v) is 2.28. The van der Waals surface area contributed by atoms with Gasteiger partial charge in [-0.1, -0.05) is 5.21 Å². The van der Waals surface area contributed by atoms with Gasteiger partial charge in [-0.2, -0.15) is 0 Å². The van der Waals surface area contributed by atoms with Crippen LogP contribution in [0.2, 0.25) is 0 Å². The van der Waals surface area contributed by atoms with E-state index in [0.29, 0.717) is 13.1 Å². The Morgan fingerprint density at radius 1 is 1.62 bits per heavy atom. The van der Waals surface area contributed by atoms with Crippen LogP contribution in [0, 0.1) is 0 Å². The first kappa shape index (κ1) is 8.50. The Bertz CT molecular complexity index is 299. The third kappa shape index (κ3) is 1.39. The van der Waals surface area contributed by atoms with Crippen LogP contribution in [-0.2, 0) is 6.54 Å². The van der Waals surface area contributed by atoms with Crippen LogP contribution in [0.1, 0.15) is 13.8 Å². The molecule has 1 aromatic heterocycles. The Morgan fingerprint density at radius 2 is 2.31 bits per heavy atom. The maximum Gasteiger partial charge on any atom is 0.147 e. The molecule has 0 atom stereocenters. The molecule has 2 heterocycles. The molecule has 1 aliphatic rings. The van der Waals surface area contributed by atoms with Gasteiger partial charge in [0.15, 0.2) is 0 Å². The number of hydrogen-bond acceptors (Lipinski definition) is 4. The summed E-state index contributed by atoms with van der Waals surface area (Å²) >= 11 is 0. The molecule has 2 rings (SSSR count). The Hall–Kier alpha value is -1.10. The smallest absolute Gasteiger partial charge is 0.147 e. The van der Waals surface area contributed by atoms with E-state index in [4.69, 9.17) is 0 Å². The first-order valence-electron chi connectivity index (χ1n) is 4.48. The molecule has 1 aromatic rings. The fraction of sp³-hybridized carbons (Fsp3) is 0.750. The van der Waals surface area contributed by atoms with Gasteiger partial charge in [-0.15, -0.1) is 5.10 Å². The lowest BCUT2D eigenvalue weighted by atomic mass is 9.97. The van der Waals surface area contributed by atoms with E-state index >= 15 is 0 Å². The van der Waals surface area contributed by atoms with Crippen molar-refractivity contribution in [2.75, 3.05) is 18.0 Å². The van der Waals surface area contributed by atoms with E-state index < -0.39 is 5.60 Å². The SMILES string of the molecule is CCn1nncc1N1CC(C)(O)C1. The highest BCUT2D eigenvalue weighted by Crippen LogP contribution is 2.25. The summed E-state index contributed by atoms with van der Waals surface area (Å²) in [6, 6.07) is 0. The number of aromatic nitrogens is 3. The first-order chi connectivity index (χ1) is 6.12. The van der Waals surface area contributed by atoms with E-state index in [2.05, 4.69) is 15.2 Å². The number of hydrogen-bond donors (Lipinski definition) is 1. The van der Waals surface area contributed by atoms with Crippen LogP contribution >= 0.6 is 0 Å². The average molecular weight is 182 g/mol. The molecule has 0 radical (unpaired) electrons. The van der Waals surface area contributed by atoms with Gasteiger partial charge in [-0.25, -0.2) is 4.68 Å². The van der Waals surface area contributed by atoms with E-state index in [1.807, 2.05) is 18.5 Å². The molecular formula is C8H14N4O. The van der Waals surface area contributed by atoms with Gasteiger partial charge < -0.3 is 10.0 Å². The maximum absolute atomic E-state index is 9.55. The number of β-amino-alcohol motifs (C(OH)–C–C–N with tert-alkyl or cyclic N) is 1. The largest absolute Gasteiger partial charge is 0.386 e. The zero-order valence-corrected chi connectivity index (χ0v) is 7.93. The summed E-state index contributed by atoms with van der Waals surface area (Å²) in [6.45, 7) is 6.01.